The van der Waals surface area contributed by atoms with Crippen molar-refractivity contribution < 1.29 is 0 Å². The smallest absolute Gasteiger partial charge is 0.0508 e. The number of rotatable bonds is 14. The summed E-state index contributed by atoms with van der Waals surface area (Å²) >= 11 is 0. The van der Waals surface area contributed by atoms with Crippen molar-refractivity contribution in [1.82, 2.24) is 0 Å². The van der Waals surface area contributed by atoms with E-state index in [-0.39, 0.29) is 0 Å². The second-order valence-electron chi connectivity index (χ2n) is 5.20. The quantitative estimate of drug-likeness (QED) is 0.353. The molecular weight excluding hydrogens is 220 g/mol. The Labute approximate surface area is 114 Å². The van der Waals surface area contributed by atoms with Gasteiger partial charge in [-0.2, -0.15) is 0 Å². The maximum Gasteiger partial charge on any atom is 0.0508 e. The van der Waals surface area contributed by atoms with Crippen molar-refractivity contribution in [2.75, 3.05) is 13.1 Å². The fourth-order valence-electron chi connectivity index (χ4n) is 2.16. The van der Waals surface area contributed by atoms with Crippen molar-refractivity contribution in [2.24, 2.45) is 10.7 Å². The van der Waals surface area contributed by atoms with Gasteiger partial charge < -0.3 is 5.73 Å². The van der Waals surface area contributed by atoms with E-state index >= 15 is 0 Å². The summed E-state index contributed by atoms with van der Waals surface area (Å²) in [7, 11) is 0. The highest BCUT2D eigenvalue weighted by Crippen LogP contribution is 2.11. The molecule has 0 aliphatic carbocycles. The third-order valence-electron chi connectivity index (χ3n) is 3.32. The highest BCUT2D eigenvalue weighted by atomic mass is 14.7. The number of nitrogens with zero attached hydrogens (tertiary/aromatic N) is 1. The van der Waals surface area contributed by atoms with Crippen LogP contribution in [0, 0.1) is 0 Å². The molecule has 18 heavy (non-hydrogen) atoms. The zero-order chi connectivity index (χ0) is 13.3. The van der Waals surface area contributed by atoms with E-state index in [1.54, 1.807) is 0 Å². The molecule has 0 unspecified atom stereocenters. The van der Waals surface area contributed by atoms with Crippen molar-refractivity contribution in [2.45, 2.75) is 84.0 Å². The van der Waals surface area contributed by atoms with Gasteiger partial charge in [0.15, 0.2) is 0 Å². The summed E-state index contributed by atoms with van der Waals surface area (Å²) in [4.78, 5) is 4.22. The molecular formula is C16H34N2. The first kappa shape index (κ1) is 17.6. The van der Waals surface area contributed by atoms with E-state index in [1.165, 1.54) is 70.6 Å². The van der Waals surface area contributed by atoms with E-state index in [4.69, 9.17) is 5.73 Å². The minimum Gasteiger partial charge on any atom is -0.329 e. The van der Waals surface area contributed by atoms with Gasteiger partial charge in [0.1, 0.15) is 0 Å². The molecule has 0 aliphatic rings. The van der Waals surface area contributed by atoms with Gasteiger partial charge in [0.05, 0.1) is 6.54 Å². The summed E-state index contributed by atoms with van der Waals surface area (Å²) in [5, 5.41) is 0. The molecule has 0 aromatic rings. The minimum absolute atomic E-state index is 0.675. The minimum atomic E-state index is 0.675. The van der Waals surface area contributed by atoms with Crippen molar-refractivity contribution >= 4 is 6.21 Å². The molecule has 0 radical (unpaired) electrons. The second-order valence-corrected chi connectivity index (χ2v) is 5.20. The first-order valence-electron chi connectivity index (χ1n) is 8.10. The lowest BCUT2D eigenvalue weighted by molar-refractivity contribution is 0.552. The molecule has 0 atom stereocenters. The molecule has 0 fully saturated rings. The van der Waals surface area contributed by atoms with Crippen LogP contribution < -0.4 is 5.73 Å². The van der Waals surface area contributed by atoms with Crippen molar-refractivity contribution in [1.29, 1.82) is 0 Å². The Morgan fingerprint density at radius 1 is 0.778 bits per heavy atom. The van der Waals surface area contributed by atoms with Gasteiger partial charge in [-0.3, -0.25) is 4.99 Å². The molecule has 0 bridgehead atoms. The lowest BCUT2D eigenvalue weighted by Gasteiger charge is -2.01. The van der Waals surface area contributed by atoms with E-state index in [2.05, 4.69) is 11.9 Å². The summed E-state index contributed by atoms with van der Waals surface area (Å²) in [6, 6.07) is 0. The Hall–Kier alpha value is -0.370. The van der Waals surface area contributed by atoms with Crippen LogP contribution in [0.2, 0.25) is 0 Å². The second kappa shape index (κ2) is 16.6. The fraction of sp³-hybridized carbons (Fsp3) is 0.938. The molecule has 0 spiro atoms. The highest BCUT2D eigenvalue weighted by Gasteiger charge is 1.92. The standard InChI is InChI=1S/C16H34N2/c1-2-3-4-5-6-7-8-9-10-11-12-13-15-18-16-14-17/h15H,2-14,16-17H2,1H3. The van der Waals surface area contributed by atoms with Crippen LogP contribution >= 0.6 is 0 Å². The largest absolute Gasteiger partial charge is 0.329 e. The lowest BCUT2D eigenvalue weighted by atomic mass is 10.1. The van der Waals surface area contributed by atoms with Crippen LogP contribution in [-0.2, 0) is 0 Å². The van der Waals surface area contributed by atoms with Gasteiger partial charge in [0.2, 0.25) is 0 Å². The van der Waals surface area contributed by atoms with Crippen LogP contribution in [0.1, 0.15) is 84.0 Å². The van der Waals surface area contributed by atoms with Gasteiger partial charge in [-0.1, -0.05) is 71.1 Å². The molecule has 0 saturated heterocycles. The van der Waals surface area contributed by atoms with Gasteiger partial charge in [-0.15, -0.1) is 0 Å². The van der Waals surface area contributed by atoms with Crippen molar-refractivity contribution in [3.8, 4) is 0 Å². The topological polar surface area (TPSA) is 38.4 Å². The van der Waals surface area contributed by atoms with Crippen LogP contribution in [0.3, 0.4) is 0 Å². The number of unbranched alkanes of at least 4 members (excludes halogenated alkanes) is 11. The van der Waals surface area contributed by atoms with Crippen molar-refractivity contribution in [3.05, 3.63) is 0 Å². The molecule has 0 aliphatic heterocycles. The predicted octanol–water partition coefficient (Wildman–Crippen LogP) is 4.72. The summed E-state index contributed by atoms with van der Waals surface area (Å²) in [6.07, 6.45) is 18.7. The SMILES string of the molecule is CCCCCCCCCCCCCC=NCCN. The van der Waals surface area contributed by atoms with E-state index in [1.807, 2.05) is 6.21 Å². The zero-order valence-corrected chi connectivity index (χ0v) is 12.5. The third-order valence-corrected chi connectivity index (χ3v) is 3.32. The monoisotopic (exact) mass is 254 g/mol. The van der Waals surface area contributed by atoms with Crippen molar-refractivity contribution in [3.63, 3.8) is 0 Å². The molecule has 0 heterocycles. The summed E-state index contributed by atoms with van der Waals surface area (Å²) in [6.45, 7) is 3.74. The predicted molar refractivity (Wildman–Crippen MR) is 83.5 cm³/mol. The Kier molecular flexibility index (Phi) is 16.3. The van der Waals surface area contributed by atoms with Gasteiger partial charge in [-0.25, -0.2) is 0 Å². The van der Waals surface area contributed by atoms with Crippen LogP contribution in [0.25, 0.3) is 0 Å². The number of hydrogen-bond acceptors (Lipinski definition) is 2. The average Bonchev–Trinajstić information content (AvgIpc) is 2.39. The summed E-state index contributed by atoms with van der Waals surface area (Å²) in [5.41, 5.74) is 5.36. The van der Waals surface area contributed by atoms with Crippen LogP contribution in [0.4, 0.5) is 0 Å². The molecule has 2 heteroatoms. The lowest BCUT2D eigenvalue weighted by Crippen LogP contribution is -2.02. The third kappa shape index (κ3) is 15.6. The van der Waals surface area contributed by atoms with Gasteiger partial charge in [-0.05, 0) is 19.1 Å². The normalized spacial score (nSPS) is 11.4. The zero-order valence-electron chi connectivity index (χ0n) is 12.5. The Morgan fingerprint density at radius 3 is 1.78 bits per heavy atom. The molecule has 0 aromatic heterocycles. The molecule has 0 amide bonds. The Morgan fingerprint density at radius 2 is 1.28 bits per heavy atom. The Balaban J connectivity index is 2.94. The number of aliphatic imine (C=N–C) groups is 1. The molecule has 0 rings (SSSR count). The fourth-order valence-corrected chi connectivity index (χ4v) is 2.16. The summed E-state index contributed by atoms with van der Waals surface area (Å²) < 4.78 is 0. The maximum atomic E-state index is 5.36. The van der Waals surface area contributed by atoms with Gasteiger partial charge in [0, 0.05) is 6.54 Å². The van der Waals surface area contributed by atoms with Crippen LogP contribution in [0.5, 0.6) is 0 Å². The maximum absolute atomic E-state index is 5.36. The van der Waals surface area contributed by atoms with E-state index < -0.39 is 0 Å². The van der Waals surface area contributed by atoms with E-state index in [9.17, 15) is 0 Å². The molecule has 2 N–H and O–H groups in total. The van der Waals surface area contributed by atoms with Crippen LogP contribution in [-0.4, -0.2) is 19.3 Å². The highest BCUT2D eigenvalue weighted by molar-refractivity contribution is 5.56. The molecule has 0 saturated carbocycles. The first-order valence-corrected chi connectivity index (χ1v) is 8.10. The van der Waals surface area contributed by atoms with Crippen LogP contribution in [0.15, 0.2) is 4.99 Å². The summed E-state index contributed by atoms with van der Waals surface area (Å²) in [5.74, 6) is 0. The Bertz CT molecular complexity index is 166. The average molecular weight is 254 g/mol. The van der Waals surface area contributed by atoms with Gasteiger partial charge >= 0.3 is 0 Å². The molecule has 0 aromatic carbocycles. The molecule has 108 valence electrons. The number of hydrogen-bond donors (Lipinski definition) is 1. The van der Waals surface area contributed by atoms with E-state index in [0.717, 1.165) is 13.0 Å². The van der Waals surface area contributed by atoms with Gasteiger partial charge in [0.25, 0.3) is 0 Å². The first-order chi connectivity index (χ1) is 8.91. The molecule has 2 nitrogen and oxygen atoms in total. The number of nitrogens with two attached hydrogens (primary N) is 1. The van der Waals surface area contributed by atoms with E-state index in [0.29, 0.717) is 6.54 Å².